The molecular weight excluding hydrogens is 236 g/mol. The number of alkyl halides is 1. The van der Waals surface area contributed by atoms with Crippen molar-refractivity contribution in [2.75, 3.05) is 11.2 Å². The molecule has 1 N–H and O–H groups in total. The number of anilines is 1. The van der Waals surface area contributed by atoms with Gasteiger partial charge in [-0.15, -0.1) is 11.6 Å². The molecule has 2 aromatic heterocycles. The molecule has 17 heavy (non-hydrogen) atoms. The Kier molecular flexibility index (Phi) is 3.52. The van der Waals surface area contributed by atoms with Gasteiger partial charge in [-0.2, -0.15) is 5.10 Å². The van der Waals surface area contributed by atoms with E-state index in [1.807, 2.05) is 12.3 Å². The Bertz CT molecular complexity index is 482. The smallest absolute Gasteiger partial charge is 0.152 e. The monoisotopic (exact) mass is 252 g/mol. The van der Waals surface area contributed by atoms with Gasteiger partial charge >= 0.3 is 0 Å². The van der Waals surface area contributed by atoms with Crippen molar-refractivity contribution in [1.82, 2.24) is 14.6 Å². The van der Waals surface area contributed by atoms with Gasteiger partial charge in [0.15, 0.2) is 5.82 Å². The van der Waals surface area contributed by atoms with Gasteiger partial charge in [0.1, 0.15) is 5.52 Å². The topological polar surface area (TPSA) is 42.2 Å². The predicted molar refractivity (Wildman–Crippen MR) is 70.6 cm³/mol. The van der Waals surface area contributed by atoms with Crippen molar-refractivity contribution < 1.29 is 0 Å². The summed E-state index contributed by atoms with van der Waals surface area (Å²) in [5.74, 6) is 1.41. The molecule has 2 aromatic rings. The first-order valence-electron chi connectivity index (χ1n) is 5.87. The quantitative estimate of drug-likeness (QED) is 0.832. The van der Waals surface area contributed by atoms with Crippen molar-refractivity contribution in [3.63, 3.8) is 0 Å². The van der Waals surface area contributed by atoms with Crippen molar-refractivity contribution in [3.8, 4) is 0 Å². The minimum Gasteiger partial charge on any atom is -0.362 e. The molecule has 0 radical (unpaired) electrons. The maximum atomic E-state index is 6.09. The zero-order chi connectivity index (χ0) is 12.3. The van der Waals surface area contributed by atoms with Gasteiger partial charge < -0.3 is 5.32 Å². The number of nitrogens with one attached hydrogen (secondary N) is 1. The molecule has 2 rings (SSSR count). The number of hydrogen-bond acceptors (Lipinski definition) is 3. The van der Waals surface area contributed by atoms with Gasteiger partial charge in [0, 0.05) is 18.3 Å². The van der Waals surface area contributed by atoms with Gasteiger partial charge in [0.2, 0.25) is 0 Å². The van der Waals surface area contributed by atoms with Crippen molar-refractivity contribution in [2.45, 2.75) is 32.2 Å². The van der Waals surface area contributed by atoms with Crippen LogP contribution in [0, 0.1) is 0 Å². The molecule has 0 aliphatic rings. The van der Waals surface area contributed by atoms with Crippen LogP contribution in [-0.4, -0.2) is 26.0 Å². The molecule has 92 valence electrons. The molecule has 0 unspecified atom stereocenters. The predicted octanol–water partition coefficient (Wildman–Crippen LogP) is 2.94. The Morgan fingerprint density at radius 1 is 1.35 bits per heavy atom. The summed E-state index contributed by atoms with van der Waals surface area (Å²) in [5, 5.41) is 7.66. The van der Waals surface area contributed by atoms with Crippen LogP contribution in [0.15, 0.2) is 24.7 Å². The summed E-state index contributed by atoms with van der Waals surface area (Å²) >= 11 is 6.09. The number of halogens is 1. The molecular formula is C12H17ClN4. The largest absolute Gasteiger partial charge is 0.362 e. The second kappa shape index (κ2) is 4.92. The zero-order valence-electron chi connectivity index (χ0n) is 10.2. The average Bonchev–Trinajstić information content (AvgIpc) is 2.85. The molecule has 0 atom stereocenters. The normalized spacial score (nSPS) is 11.9. The zero-order valence-corrected chi connectivity index (χ0v) is 10.9. The molecule has 0 bridgehead atoms. The van der Waals surface area contributed by atoms with Crippen LogP contribution in [0.3, 0.4) is 0 Å². The number of aromatic nitrogens is 3. The molecule has 0 amide bonds. The summed E-state index contributed by atoms with van der Waals surface area (Å²) in [7, 11) is 0. The molecule has 2 heterocycles. The van der Waals surface area contributed by atoms with Gasteiger partial charge in [0.05, 0.1) is 11.7 Å². The van der Waals surface area contributed by atoms with Crippen LogP contribution < -0.4 is 5.32 Å². The maximum Gasteiger partial charge on any atom is 0.152 e. The third-order valence-electron chi connectivity index (χ3n) is 3.32. The Labute approximate surface area is 106 Å². The van der Waals surface area contributed by atoms with E-state index in [1.165, 1.54) is 0 Å². The van der Waals surface area contributed by atoms with E-state index in [4.69, 9.17) is 11.6 Å². The second-order valence-corrected chi connectivity index (χ2v) is 4.45. The van der Waals surface area contributed by atoms with Gasteiger partial charge in [-0.1, -0.05) is 13.8 Å². The first-order chi connectivity index (χ1) is 8.24. The third-order valence-corrected chi connectivity index (χ3v) is 3.83. The van der Waals surface area contributed by atoms with E-state index in [-0.39, 0.29) is 5.54 Å². The molecule has 0 aliphatic carbocycles. The molecule has 0 aliphatic heterocycles. The lowest BCUT2D eigenvalue weighted by Gasteiger charge is -2.31. The fourth-order valence-corrected chi connectivity index (χ4v) is 2.30. The lowest BCUT2D eigenvalue weighted by Crippen LogP contribution is -2.39. The summed E-state index contributed by atoms with van der Waals surface area (Å²) in [6.07, 6.45) is 7.27. The lowest BCUT2D eigenvalue weighted by atomic mass is 9.95. The first kappa shape index (κ1) is 12.2. The Balaban J connectivity index is 2.37. The van der Waals surface area contributed by atoms with E-state index in [1.54, 1.807) is 16.9 Å². The molecule has 5 heteroatoms. The van der Waals surface area contributed by atoms with E-state index in [2.05, 4.69) is 29.2 Å². The van der Waals surface area contributed by atoms with Crippen molar-refractivity contribution >= 4 is 22.9 Å². The van der Waals surface area contributed by atoms with Crippen LogP contribution >= 0.6 is 11.6 Å². The highest BCUT2D eigenvalue weighted by molar-refractivity contribution is 6.18. The number of nitrogens with zero attached hydrogens (tertiary/aromatic N) is 3. The van der Waals surface area contributed by atoms with Crippen molar-refractivity contribution in [3.05, 3.63) is 24.7 Å². The van der Waals surface area contributed by atoms with E-state index >= 15 is 0 Å². The molecule has 0 aromatic carbocycles. The maximum absolute atomic E-state index is 6.09. The van der Waals surface area contributed by atoms with Gasteiger partial charge in [-0.05, 0) is 18.9 Å². The highest BCUT2D eigenvalue weighted by atomic mass is 35.5. The van der Waals surface area contributed by atoms with Gasteiger partial charge in [-0.25, -0.2) is 9.50 Å². The minimum absolute atomic E-state index is 0.0966. The standard InChI is InChI=1S/C12H17ClN4/c1-3-12(4-2,9-13)16-11-10-5-6-15-17(10)8-7-14-11/h5-8H,3-4,9H2,1-2H3,(H,14,16). The number of hydrogen-bond donors (Lipinski definition) is 1. The van der Waals surface area contributed by atoms with Crippen LogP contribution in [0.2, 0.25) is 0 Å². The van der Waals surface area contributed by atoms with E-state index < -0.39 is 0 Å². The number of fused-ring (bicyclic) bond motifs is 1. The van der Waals surface area contributed by atoms with Crippen LogP contribution in [0.1, 0.15) is 26.7 Å². The van der Waals surface area contributed by atoms with E-state index in [0.717, 1.165) is 24.2 Å². The Morgan fingerprint density at radius 2 is 2.12 bits per heavy atom. The molecule has 0 spiro atoms. The molecule has 0 fully saturated rings. The summed E-state index contributed by atoms with van der Waals surface area (Å²) < 4.78 is 1.81. The van der Waals surface area contributed by atoms with Gasteiger partial charge in [0.25, 0.3) is 0 Å². The van der Waals surface area contributed by atoms with Crippen LogP contribution in [-0.2, 0) is 0 Å². The van der Waals surface area contributed by atoms with Gasteiger partial charge in [-0.3, -0.25) is 0 Å². The van der Waals surface area contributed by atoms with Crippen LogP contribution in [0.4, 0.5) is 5.82 Å². The van der Waals surface area contributed by atoms with E-state index in [9.17, 15) is 0 Å². The molecule has 0 saturated carbocycles. The average molecular weight is 253 g/mol. The van der Waals surface area contributed by atoms with Crippen molar-refractivity contribution in [1.29, 1.82) is 0 Å². The van der Waals surface area contributed by atoms with Crippen LogP contribution in [0.25, 0.3) is 5.52 Å². The number of rotatable bonds is 5. The van der Waals surface area contributed by atoms with Crippen LogP contribution in [0.5, 0.6) is 0 Å². The Hall–Kier alpha value is -1.29. The third kappa shape index (κ3) is 2.22. The summed E-state index contributed by atoms with van der Waals surface area (Å²) in [5.41, 5.74) is 0.879. The summed E-state index contributed by atoms with van der Waals surface area (Å²) in [6, 6.07) is 1.94. The highest BCUT2D eigenvalue weighted by Gasteiger charge is 2.25. The SMILES string of the molecule is CCC(CC)(CCl)Nc1nccn2nccc12. The fraction of sp³-hybridized carbons (Fsp3) is 0.500. The Morgan fingerprint density at radius 3 is 2.76 bits per heavy atom. The minimum atomic E-state index is -0.0966. The summed E-state index contributed by atoms with van der Waals surface area (Å²) in [4.78, 5) is 4.38. The first-order valence-corrected chi connectivity index (χ1v) is 6.40. The van der Waals surface area contributed by atoms with E-state index in [0.29, 0.717) is 5.88 Å². The molecule has 0 saturated heterocycles. The lowest BCUT2D eigenvalue weighted by molar-refractivity contribution is 0.483. The summed E-state index contributed by atoms with van der Waals surface area (Å²) in [6.45, 7) is 4.27. The highest BCUT2D eigenvalue weighted by Crippen LogP contribution is 2.24. The van der Waals surface area contributed by atoms with Crippen molar-refractivity contribution in [2.24, 2.45) is 0 Å². The molecule has 4 nitrogen and oxygen atoms in total. The fourth-order valence-electron chi connectivity index (χ4n) is 1.85. The second-order valence-electron chi connectivity index (χ2n) is 4.18.